The van der Waals surface area contributed by atoms with E-state index in [1.54, 1.807) is 0 Å². The zero-order valence-corrected chi connectivity index (χ0v) is 7.92. The van der Waals surface area contributed by atoms with Gasteiger partial charge in [0, 0.05) is 5.56 Å². The summed E-state index contributed by atoms with van der Waals surface area (Å²) in [7, 11) is 0. The summed E-state index contributed by atoms with van der Waals surface area (Å²) in [4.78, 5) is 10.8. The Labute approximate surface area is 78.8 Å². The summed E-state index contributed by atoms with van der Waals surface area (Å²) >= 11 is 0. The highest BCUT2D eigenvalue weighted by atomic mass is 16.1. The van der Waals surface area contributed by atoms with Gasteiger partial charge in [0.25, 0.3) is 0 Å². The van der Waals surface area contributed by atoms with E-state index in [9.17, 15) is 4.79 Å². The molecule has 0 atom stereocenters. The fourth-order valence-electron chi connectivity index (χ4n) is 2.06. The SMILES string of the molecule is Cc1cccc(C=O)c1C1CCC1. The van der Waals surface area contributed by atoms with Gasteiger partial charge >= 0.3 is 0 Å². The van der Waals surface area contributed by atoms with Crippen LogP contribution in [0.5, 0.6) is 0 Å². The van der Waals surface area contributed by atoms with Gasteiger partial charge in [0.1, 0.15) is 6.29 Å². The van der Waals surface area contributed by atoms with Crippen molar-refractivity contribution >= 4 is 6.29 Å². The first-order valence-corrected chi connectivity index (χ1v) is 4.87. The summed E-state index contributed by atoms with van der Waals surface area (Å²) in [6, 6.07) is 5.98. The fraction of sp³-hybridized carbons (Fsp3) is 0.417. The lowest BCUT2D eigenvalue weighted by molar-refractivity contribution is 0.112. The highest BCUT2D eigenvalue weighted by molar-refractivity contribution is 5.78. The van der Waals surface area contributed by atoms with Crippen molar-refractivity contribution in [3.05, 3.63) is 34.9 Å². The predicted molar refractivity (Wildman–Crippen MR) is 53.2 cm³/mol. The Morgan fingerprint density at radius 1 is 1.38 bits per heavy atom. The molecule has 0 radical (unpaired) electrons. The minimum absolute atomic E-state index is 0.654. The van der Waals surface area contributed by atoms with Crippen molar-refractivity contribution in [1.82, 2.24) is 0 Å². The van der Waals surface area contributed by atoms with Crippen LogP contribution in [0.15, 0.2) is 18.2 Å². The molecule has 1 aromatic carbocycles. The molecule has 0 aliphatic heterocycles. The van der Waals surface area contributed by atoms with Crippen molar-refractivity contribution in [1.29, 1.82) is 0 Å². The van der Waals surface area contributed by atoms with Gasteiger partial charge in [0.15, 0.2) is 0 Å². The third-order valence-electron chi connectivity index (χ3n) is 3.00. The maximum atomic E-state index is 10.8. The van der Waals surface area contributed by atoms with Crippen LogP contribution in [0.25, 0.3) is 0 Å². The number of hydrogen-bond acceptors (Lipinski definition) is 1. The number of carbonyl (C=O) groups is 1. The Morgan fingerprint density at radius 2 is 2.15 bits per heavy atom. The van der Waals surface area contributed by atoms with E-state index < -0.39 is 0 Å². The van der Waals surface area contributed by atoms with E-state index in [-0.39, 0.29) is 0 Å². The van der Waals surface area contributed by atoms with Gasteiger partial charge < -0.3 is 0 Å². The third kappa shape index (κ3) is 1.39. The van der Waals surface area contributed by atoms with Crippen LogP contribution in [0, 0.1) is 6.92 Å². The summed E-state index contributed by atoms with van der Waals surface area (Å²) in [6.07, 6.45) is 4.81. The van der Waals surface area contributed by atoms with Gasteiger partial charge in [0.2, 0.25) is 0 Å². The van der Waals surface area contributed by atoms with Crippen molar-refractivity contribution in [2.75, 3.05) is 0 Å². The summed E-state index contributed by atoms with van der Waals surface area (Å²) < 4.78 is 0. The highest BCUT2D eigenvalue weighted by Gasteiger charge is 2.23. The molecule has 0 N–H and O–H groups in total. The second kappa shape index (κ2) is 3.33. The molecule has 0 heterocycles. The van der Waals surface area contributed by atoms with Crippen LogP contribution in [-0.2, 0) is 0 Å². The third-order valence-corrected chi connectivity index (χ3v) is 3.00. The van der Waals surface area contributed by atoms with Crippen LogP contribution in [0.3, 0.4) is 0 Å². The summed E-state index contributed by atoms with van der Waals surface area (Å²) in [5.41, 5.74) is 3.46. The van der Waals surface area contributed by atoms with E-state index in [0.29, 0.717) is 5.92 Å². The quantitative estimate of drug-likeness (QED) is 0.630. The Balaban J connectivity index is 2.44. The number of rotatable bonds is 2. The Morgan fingerprint density at radius 3 is 2.69 bits per heavy atom. The second-order valence-electron chi connectivity index (χ2n) is 3.82. The Hall–Kier alpha value is -1.11. The highest BCUT2D eigenvalue weighted by Crippen LogP contribution is 2.39. The van der Waals surface area contributed by atoms with Crippen molar-refractivity contribution in [2.24, 2.45) is 0 Å². The van der Waals surface area contributed by atoms with Crippen LogP contribution < -0.4 is 0 Å². The molecule has 0 saturated heterocycles. The average molecular weight is 174 g/mol. The summed E-state index contributed by atoms with van der Waals surface area (Å²) in [5.74, 6) is 0.654. The molecular formula is C12H14O. The summed E-state index contributed by atoms with van der Waals surface area (Å²) in [5, 5.41) is 0. The lowest BCUT2D eigenvalue weighted by Gasteiger charge is -2.28. The average Bonchev–Trinajstić information content (AvgIpc) is 2.05. The molecule has 1 aliphatic carbocycles. The monoisotopic (exact) mass is 174 g/mol. The molecule has 1 aliphatic rings. The normalized spacial score (nSPS) is 16.7. The molecular weight excluding hydrogens is 160 g/mol. The molecule has 1 fully saturated rings. The number of aldehydes is 1. The smallest absolute Gasteiger partial charge is 0.150 e. The first-order valence-electron chi connectivity index (χ1n) is 4.87. The van der Waals surface area contributed by atoms with Gasteiger partial charge in [-0.05, 0) is 36.8 Å². The molecule has 1 saturated carbocycles. The molecule has 0 amide bonds. The molecule has 13 heavy (non-hydrogen) atoms. The maximum Gasteiger partial charge on any atom is 0.150 e. The molecule has 0 bridgehead atoms. The van der Waals surface area contributed by atoms with Gasteiger partial charge in [-0.25, -0.2) is 0 Å². The van der Waals surface area contributed by atoms with Crippen LogP contribution in [0.2, 0.25) is 0 Å². The standard InChI is InChI=1S/C12H14O/c1-9-4-2-7-11(8-13)12(9)10-5-3-6-10/h2,4,7-8,10H,3,5-6H2,1H3. The molecule has 1 nitrogen and oxygen atoms in total. The minimum Gasteiger partial charge on any atom is -0.298 e. The fourth-order valence-corrected chi connectivity index (χ4v) is 2.06. The maximum absolute atomic E-state index is 10.8. The predicted octanol–water partition coefficient (Wildman–Crippen LogP) is 3.08. The van der Waals surface area contributed by atoms with E-state index in [1.165, 1.54) is 30.4 Å². The van der Waals surface area contributed by atoms with Gasteiger partial charge in [0.05, 0.1) is 0 Å². The number of hydrogen-bond donors (Lipinski definition) is 0. The van der Waals surface area contributed by atoms with E-state index in [0.717, 1.165) is 11.8 Å². The minimum atomic E-state index is 0.654. The van der Waals surface area contributed by atoms with Gasteiger partial charge in [-0.1, -0.05) is 24.6 Å². The molecule has 0 unspecified atom stereocenters. The molecule has 1 aromatic rings. The zero-order chi connectivity index (χ0) is 9.26. The van der Waals surface area contributed by atoms with Crippen LogP contribution in [-0.4, -0.2) is 6.29 Å². The molecule has 1 heteroatoms. The largest absolute Gasteiger partial charge is 0.298 e. The number of carbonyl (C=O) groups excluding carboxylic acids is 1. The first kappa shape index (κ1) is 8.49. The Kier molecular flexibility index (Phi) is 2.17. The number of benzene rings is 1. The van der Waals surface area contributed by atoms with Crippen molar-refractivity contribution < 1.29 is 4.79 Å². The second-order valence-corrected chi connectivity index (χ2v) is 3.82. The van der Waals surface area contributed by atoms with Crippen LogP contribution >= 0.6 is 0 Å². The van der Waals surface area contributed by atoms with Gasteiger partial charge in [-0.2, -0.15) is 0 Å². The van der Waals surface area contributed by atoms with E-state index >= 15 is 0 Å². The van der Waals surface area contributed by atoms with Crippen molar-refractivity contribution in [2.45, 2.75) is 32.1 Å². The lowest BCUT2D eigenvalue weighted by atomic mass is 9.76. The van der Waals surface area contributed by atoms with E-state index in [4.69, 9.17) is 0 Å². The van der Waals surface area contributed by atoms with Crippen LogP contribution in [0.1, 0.15) is 46.7 Å². The van der Waals surface area contributed by atoms with Crippen molar-refractivity contribution in [3.8, 4) is 0 Å². The first-order chi connectivity index (χ1) is 6.33. The molecule has 0 aromatic heterocycles. The lowest BCUT2D eigenvalue weighted by Crippen LogP contribution is -2.12. The van der Waals surface area contributed by atoms with Gasteiger partial charge in [-0.3, -0.25) is 4.79 Å². The molecule has 68 valence electrons. The summed E-state index contributed by atoms with van der Waals surface area (Å²) in [6.45, 7) is 2.10. The Bertz CT molecular complexity index is 324. The van der Waals surface area contributed by atoms with Gasteiger partial charge in [-0.15, -0.1) is 0 Å². The molecule has 0 spiro atoms. The topological polar surface area (TPSA) is 17.1 Å². The zero-order valence-electron chi connectivity index (χ0n) is 7.92. The van der Waals surface area contributed by atoms with Crippen molar-refractivity contribution in [3.63, 3.8) is 0 Å². The van der Waals surface area contributed by atoms with E-state index in [2.05, 4.69) is 13.0 Å². The molecule has 2 rings (SSSR count). The van der Waals surface area contributed by atoms with E-state index in [1.807, 2.05) is 12.1 Å². The van der Waals surface area contributed by atoms with Crippen LogP contribution in [0.4, 0.5) is 0 Å². The number of aryl methyl sites for hydroxylation is 1.